The second kappa shape index (κ2) is 35.2. The third kappa shape index (κ3) is 16.5. The van der Waals surface area contributed by atoms with E-state index >= 15 is 0 Å². The summed E-state index contributed by atoms with van der Waals surface area (Å²) < 4.78 is 13.7. The third-order valence-electron chi connectivity index (χ3n) is 25.2. The molecule has 4 aromatic carbocycles. The first-order valence-electron chi connectivity index (χ1n) is 43.2. The molecular formula is C93H99N25O8S. The van der Waals surface area contributed by atoms with Crippen molar-refractivity contribution in [2.24, 2.45) is 11.8 Å². The van der Waals surface area contributed by atoms with Crippen LogP contribution in [0, 0.1) is 11.8 Å². The molecule has 4 fully saturated rings. The lowest BCUT2D eigenvalue weighted by molar-refractivity contribution is -0.120. The molecule has 4 aliphatic rings. The zero-order valence-electron chi connectivity index (χ0n) is 71.0. The molecule has 3 amide bonds. The number of nitrogens with two attached hydrogens (primary N) is 4. The van der Waals surface area contributed by atoms with Crippen molar-refractivity contribution in [1.29, 1.82) is 0 Å². The van der Waals surface area contributed by atoms with E-state index in [1.54, 1.807) is 56.6 Å². The molecule has 127 heavy (non-hydrogen) atoms. The molecule has 3 aliphatic carbocycles. The molecule has 14 heterocycles. The second-order valence-corrected chi connectivity index (χ2v) is 34.4. The van der Waals surface area contributed by atoms with Crippen molar-refractivity contribution < 1.29 is 38.9 Å². The number of hydrogen-bond acceptors (Lipinski definition) is 21. The summed E-state index contributed by atoms with van der Waals surface area (Å²) >= 11 is 1.52. The first-order valence-corrected chi connectivity index (χ1v) is 44.2. The lowest BCUT2D eigenvalue weighted by Crippen LogP contribution is -2.38. The van der Waals surface area contributed by atoms with Crippen molar-refractivity contribution >= 4 is 130 Å². The number of aryl methyl sites for hydroxylation is 1. The van der Waals surface area contributed by atoms with Gasteiger partial charge in [-0.15, -0.1) is 0 Å². The highest BCUT2D eigenvalue weighted by Crippen LogP contribution is 2.45. The van der Waals surface area contributed by atoms with E-state index in [0.29, 0.717) is 98.9 Å². The Balaban J connectivity index is 0.000000115. The van der Waals surface area contributed by atoms with E-state index in [2.05, 4.69) is 104 Å². The number of carboxylic acid groups (broad SMARTS) is 2. The van der Waals surface area contributed by atoms with Crippen LogP contribution in [0.1, 0.15) is 202 Å². The van der Waals surface area contributed by atoms with Crippen LogP contribution in [0.2, 0.25) is 0 Å². The van der Waals surface area contributed by atoms with Gasteiger partial charge >= 0.3 is 11.9 Å². The fourth-order valence-electron chi connectivity index (χ4n) is 18.6. The lowest BCUT2D eigenvalue weighted by atomic mass is 9.81. The van der Waals surface area contributed by atoms with Crippen LogP contribution in [0.3, 0.4) is 0 Å². The number of aromatic amines is 4. The monoisotopic (exact) mass is 1730 g/mol. The summed E-state index contributed by atoms with van der Waals surface area (Å²) in [4.78, 5) is 111. The van der Waals surface area contributed by atoms with Crippen molar-refractivity contribution in [3.63, 3.8) is 0 Å². The predicted octanol–water partition coefficient (Wildman–Crippen LogP) is 15.5. The number of nitrogens with zero attached hydrogens (tertiary/aromatic N) is 15. The van der Waals surface area contributed by atoms with Gasteiger partial charge in [0.25, 0.3) is 5.91 Å². The smallest absolute Gasteiger partial charge is 0.336 e. The van der Waals surface area contributed by atoms with Gasteiger partial charge in [0.05, 0.1) is 51.1 Å². The highest BCUT2D eigenvalue weighted by atomic mass is 32.1. The predicted molar refractivity (Wildman–Crippen MR) is 489 cm³/mol. The van der Waals surface area contributed by atoms with Crippen molar-refractivity contribution in [2.45, 2.75) is 154 Å². The van der Waals surface area contributed by atoms with E-state index < -0.39 is 11.9 Å². The zero-order chi connectivity index (χ0) is 88.0. The van der Waals surface area contributed by atoms with Gasteiger partial charge in [-0.1, -0.05) is 55.8 Å². The number of nitrogen functional groups attached to an aromatic ring is 4. The van der Waals surface area contributed by atoms with Crippen LogP contribution in [0.5, 0.6) is 5.75 Å². The average Bonchev–Trinajstić information content (AvgIpc) is 1.62. The Bertz CT molecular complexity index is 7020. The number of H-pyrrole nitrogens is 4. The summed E-state index contributed by atoms with van der Waals surface area (Å²) in [5.41, 5.74) is 40.2. The maximum Gasteiger partial charge on any atom is 0.336 e. The number of carbonyl (C=O) groups excluding carboxylic acids is 3. The van der Waals surface area contributed by atoms with Gasteiger partial charge < -0.3 is 73.4 Å². The Labute approximate surface area is 731 Å². The van der Waals surface area contributed by atoms with Gasteiger partial charge in [-0.05, 0) is 181 Å². The number of anilines is 4. The summed E-state index contributed by atoms with van der Waals surface area (Å²) in [7, 11) is 0. The number of thiophene rings is 1. The normalized spacial score (nSPS) is 16.8. The number of benzene rings is 4. The maximum atomic E-state index is 12.8. The van der Waals surface area contributed by atoms with Crippen LogP contribution in [0.15, 0.2) is 151 Å². The van der Waals surface area contributed by atoms with Crippen LogP contribution < -0.4 is 38.3 Å². The van der Waals surface area contributed by atoms with Gasteiger partial charge in [0.15, 0.2) is 11.6 Å². The number of carboxylic acids is 2. The number of nitrogens with one attached hydrogen (secondary N) is 6. The number of piperidine rings is 1. The molecule has 1 aliphatic heterocycles. The zero-order valence-corrected chi connectivity index (χ0v) is 71.8. The topological polar surface area (TPSA) is 476 Å². The van der Waals surface area contributed by atoms with Gasteiger partial charge in [-0.3, -0.25) is 23.2 Å². The number of fused-ring (bicyclic) bond motifs is 8. The molecule has 33 nitrogen and oxygen atoms in total. The van der Waals surface area contributed by atoms with Crippen LogP contribution >= 0.6 is 11.3 Å². The number of likely N-dealkylation sites (tertiary alicyclic amines) is 1. The number of aromatic carboxylic acids is 2. The number of hydrogen-bond donors (Lipinski definition) is 12. The molecular weight excluding hydrogens is 1630 g/mol. The number of rotatable bonds is 18. The molecule has 13 aromatic heterocycles. The first kappa shape index (κ1) is 83.3. The fraction of sp³-hybridized carbons (Fsp3) is 0.323. The van der Waals surface area contributed by atoms with Gasteiger partial charge in [0.1, 0.15) is 98.2 Å². The number of imidazole rings is 4. The van der Waals surface area contributed by atoms with E-state index in [1.807, 2.05) is 96.1 Å². The molecule has 0 radical (unpaired) electrons. The minimum Gasteiger partial charge on any atom is -0.489 e. The lowest BCUT2D eigenvalue weighted by Gasteiger charge is -2.31. The van der Waals surface area contributed by atoms with Crippen molar-refractivity contribution in [3.8, 4) is 51.3 Å². The van der Waals surface area contributed by atoms with E-state index in [1.165, 1.54) is 36.0 Å². The van der Waals surface area contributed by atoms with Crippen molar-refractivity contribution in [1.82, 2.24) is 103 Å². The molecule has 0 spiro atoms. The summed E-state index contributed by atoms with van der Waals surface area (Å²) in [5, 5.41) is 41.2. The standard InChI is InChI=1S/C25H31N7O2.C25H22N6O3S.C24H29N7O.C19H17N5O2/c1-14(2)34-20-6-4-5-18-11-19(30-21(18)20)22-23-24(26)28-13-29-32(23)25(31-22)17-9-7-16(8-10-17)12-27-15(3)33;26-22-21-20(19-12-17-16(25(33)34)2-1-3-18(17)28-19)29-23(31(21)10-7-27-22)14-4-8-30(9-5-14)24(32)15-6-11-35-13-15;1-3-16-5-4-6-18-11-19(29-20(16)18)21-22-23(25)27-13-28-31(22)24(30-21)17-9-7-15(8-10-17)12-26-14(2)32;20-17-16-15(23-18(10-3-1-4-10)24(16)8-7-21-17)14-9-12-11(19(25)26)5-2-6-13(12)22-14/h4-6,11,13-14,16-17,30H,7-10,12H2,1-3H3,(H,27,33)(H2,26,28,29);1-3,6-7,10-14,28H,4-5,8-9H2,(H2,26,27)(H,33,34);4-6,11,13,15,17,29H,3,7-10,12H2,1-2H3,(H,26,32)(H2,25,27,28);2,5-10,22H,1,3-4H2,(H2,20,21)(H,25,26). The Morgan fingerprint density at radius 3 is 1.41 bits per heavy atom. The molecule has 34 heteroatoms. The summed E-state index contributed by atoms with van der Waals surface area (Å²) in [6.07, 6.45) is 24.3. The number of amides is 3. The molecule has 0 unspecified atom stereocenters. The minimum atomic E-state index is -0.985. The molecule has 0 bridgehead atoms. The highest BCUT2D eigenvalue weighted by Gasteiger charge is 2.35. The Morgan fingerprint density at radius 2 is 0.953 bits per heavy atom. The molecule has 650 valence electrons. The quantitative estimate of drug-likeness (QED) is 0.0379. The molecule has 21 rings (SSSR count). The van der Waals surface area contributed by atoms with E-state index in [9.17, 15) is 34.2 Å². The molecule has 17 aromatic rings. The van der Waals surface area contributed by atoms with Crippen LogP contribution in [0.25, 0.3) is 111 Å². The van der Waals surface area contributed by atoms with Gasteiger partial charge in [-0.25, -0.2) is 58.5 Å². The summed E-state index contributed by atoms with van der Waals surface area (Å²) in [6.45, 7) is 12.1. The fourth-order valence-corrected chi connectivity index (χ4v) is 19.2. The average molecular weight is 1730 g/mol. The van der Waals surface area contributed by atoms with Crippen LogP contribution in [0.4, 0.5) is 23.3 Å². The second-order valence-electron chi connectivity index (χ2n) is 33.7. The van der Waals surface area contributed by atoms with E-state index in [4.69, 9.17) is 47.6 Å². The Kier molecular flexibility index (Phi) is 23.1. The van der Waals surface area contributed by atoms with Crippen molar-refractivity contribution in [2.75, 3.05) is 49.1 Å². The Hall–Kier alpha value is -14.6. The summed E-state index contributed by atoms with van der Waals surface area (Å²) in [6, 6.07) is 32.4. The van der Waals surface area contributed by atoms with Crippen molar-refractivity contribution in [3.05, 3.63) is 197 Å². The van der Waals surface area contributed by atoms with E-state index in [0.717, 1.165) is 204 Å². The highest BCUT2D eigenvalue weighted by molar-refractivity contribution is 7.08. The van der Waals surface area contributed by atoms with E-state index in [-0.39, 0.29) is 46.8 Å². The largest absolute Gasteiger partial charge is 0.489 e. The summed E-state index contributed by atoms with van der Waals surface area (Å²) in [5.74, 6) is 6.47. The molecule has 3 saturated carbocycles. The van der Waals surface area contributed by atoms with Crippen LogP contribution in [-0.4, -0.2) is 165 Å². The molecule has 16 N–H and O–H groups in total. The molecule has 1 saturated heterocycles. The first-order chi connectivity index (χ1) is 61.6. The molecule has 0 atom stereocenters. The number of aromatic nitrogens is 18. The maximum absolute atomic E-state index is 12.8. The number of ether oxygens (including phenoxy) is 1. The Morgan fingerprint density at radius 1 is 0.512 bits per heavy atom. The minimum absolute atomic E-state index is 0.0264. The number of carbonyl (C=O) groups is 5. The van der Waals surface area contributed by atoms with Crippen LogP contribution in [-0.2, 0) is 16.0 Å². The van der Waals surface area contributed by atoms with Gasteiger partial charge in [0, 0.05) is 132 Å². The van der Waals surface area contributed by atoms with Gasteiger partial charge in [-0.2, -0.15) is 21.5 Å². The van der Waals surface area contributed by atoms with Gasteiger partial charge in [0.2, 0.25) is 11.8 Å². The third-order valence-corrected chi connectivity index (χ3v) is 25.9. The number of para-hydroxylation sites is 2. The SMILES string of the molecule is CC(=O)NCC1CCC(c2nc(-c3cc4cccc(OC(C)C)c4[nH]3)c3c(N)ncnn23)CC1.CCc1cccc2cc(-c3nc(C4CCC(CNC(C)=O)CC4)n4ncnc(N)c34)[nH]c12.Nc1nccn2c(C3CCC3)nc(-c3cc4c(C(=O)O)cccc4[nH]3)c12.Nc1nccn2c(C3CCN(C(=O)c4ccsc4)CC3)nc(-c3cc4c(C(=O)O)cccc4[nH]3)c12.